The van der Waals surface area contributed by atoms with Crippen LogP contribution in [0.4, 0.5) is 17.1 Å². The van der Waals surface area contributed by atoms with E-state index < -0.39 is 0 Å². The SMILES string of the molecule is CC1(C)SCNC1C(=O)Nc1ccc(CN(Cc2ccc(NC(=O)C3NCSC3(C)C)cc2)c2ccccc2)cc1. The van der Waals surface area contributed by atoms with Crippen LogP contribution in [0.5, 0.6) is 0 Å². The summed E-state index contributed by atoms with van der Waals surface area (Å²) in [5.74, 6) is 1.57. The van der Waals surface area contributed by atoms with E-state index in [1.807, 2.05) is 42.5 Å². The summed E-state index contributed by atoms with van der Waals surface area (Å²) in [7, 11) is 0. The van der Waals surface area contributed by atoms with Crippen molar-refractivity contribution in [3.8, 4) is 0 Å². The Balaban J connectivity index is 1.23. The van der Waals surface area contributed by atoms with Crippen LogP contribution < -0.4 is 26.2 Å². The molecule has 5 rings (SSSR count). The quantitative estimate of drug-likeness (QED) is 0.257. The third kappa shape index (κ3) is 7.27. The second kappa shape index (κ2) is 12.5. The number of carbonyl (C=O) groups excluding carboxylic acids is 2. The first-order valence-electron chi connectivity index (χ1n) is 13.9. The van der Waals surface area contributed by atoms with Crippen molar-refractivity contribution in [3.05, 3.63) is 90.0 Å². The van der Waals surface area contributed by atoms with E-state index in [-0.39, 0.29) is 33.4 Å². The molecule has 2 saturated heterocycles. The molecule has 2 aliphatic heterocycles. The molecule has 2 atom stereocenters. The zero-order chi connectivity index (χ0) is 29.0. The van der Waals surface area contributed by atoms with Gasteiger partial charge >= 0.3 is 0 Å². The smallest absolute Gasteiger partial charge is 0.242 e. The number of para-hydroxylation sites is 1. The predicted molar refractivity (Wildman–Crippen MR) is 173 cm³/mol. The molecule has 7 nitrogen and oxygen atoms in total. The maximum Gasteiger partial charge on any atom is 0.242 e. The second-order valence-corrected chi connectivity index (χ2v) is 14.9. The largest absolute Gasteiger partial charge is 0.363 e. The van der Waals surface area contributed by atoms with Gasteiger partial charge in [0.15, 0.2) is 0 Å². The van der Waals surface area contributed by atoms with Crippen molar-refractivity contribution in [2.45, 2.75) is 62.4 Å². The number of nitrogens with one attached hydrogen (secondary N) is 4. The van der Waals surface area contributed by atoms with E-state index in [1.165, 1.54) is 0 Å². The number of anilines is 3. The lowest BCUT2D eigenvalue weighted by Gasteiger charge is -2.26. The van der Waals surface area contributed by atoms with Crippen LogP contribution in [0.1, 0.15) is 38.8 Å². The molecule has 2 heterocycles. The van der Waals surface area contributed by atoms with Crippen molar-refractivity contribution in [1.82, 2.24) is 10.6 Å². The summed E-state index contributed by atoms with van der Waals surface area (Å²) in [5, 5.41) is 12.7. The average molecular weight is 590 g/mol. The molecule has 0 radical (unpaired) electrons. The average Bonchev–Trinajstić information content (AvgIpc) is 3.50. The summed E-state index contributed by atoms with van der Waals surface area (Å²) in [5.41, 5.74) is 5.02. The Morgan fingerprint density at radius 2 is 1.12 bits per heavy atom. The van der Waals surface area contributed by atoms with Gasteiger partial charge in [-0.05, 0) is 75.2 Å². The monoisotopic (exact) mass is 589 g/mol. The molecule has 2 aliphatic rings. The maximum absolute atomic E-state index is 12.8. The Morgan fingerprint density at radius 3 is 1.49 bits per heavy atom. The molecule has 2 unspecified atom stereocenters. The number of benzene rings is 3. The zero-order valence-corrected chi connectivity index (χ0v) is 25.7. The molecular weight excluding hydrogens is 551 g/mol. The van der Waals surface area contributed by atoms with Crippen LogP contribution in [-0.2, 0) is 22.7 Å². The lowest BCUT2D eigenvalue weighted by Crippen LogP contribution is -2.46. The van der Waals surface area contributed by atoms with Crippen molar-refractivity contribution in [2.75, 3.05) is 27.3 Å². The fraction of sp³-hybridized carbons (Fsp3) is 0.375. The summed E-state index contributed by atoms with van der Waals surface area (Å²) in [6.45, 7) is 9.82. The van der Waals surface area contributed by atoms with Crippen LogP contribution in [0.15, 0.2) is 78.9 Å². The molecule has 0 spiro atoms. The zero-order valence-electron chi connectivity index (χ0n) is 24.1. The number of carbonyl (C=O) groups is 2. The van der Waals surface area contributed by atoms with Crippen LogP contribution in [0.2, 0.25) is 0 Å². The van der Waals surface area contributed by atoms with Gasteiger partial charge in [0.25, 0.3) is 0 Å². The molecule has 0 aromatic heterocycles. The number of hydrogen-bond acceptors (Lipinski definition) is 7. The van der Waals surface area contributed by atoms with Crippen molar-refractivity contribution >= 4 is 52.4 Å². The molecule has 3 aromatic rings. The highest BCUT2D eigenvalue weighted by molar-refractivity contribution is 8.01. The predicted octanol–water partition coefficient (Wildman–Crippen LogP) is 5.65. The number of amides is 2. The van der Waals surface area contributed by atoms with Gasteiger partial charge in [0.2, 0.25) is 11.8 Å². The first-order valence-corrected chi connectivity index (χ1v) is 15.9. The first kappa shape index (κ1) is 29.5. The molecule has 9 heteroatoms. The molecule has 216 valence electrons. The summed E-state index contributed by atoms with van der Waals surface area (Å²) in [6, 6.07) is 26.1. The summed E-state index contributed by atoms with van der Waals surface area (Å²) < 4.78 is -0.263. The third-order valence-electron chi connectivity index (χ3n) is 7.69. The minimum absolute atomic E-state index is 0.000375. The fourth-order valence-electron chi connectivity index (χ4n) is 5.23. The lowest BCUT2D eigenvalue weighted by atomic mass is 10.0. The molecule has 0 saturated carbocycles. The highest BCUT2D eigenvalue weighted by atomic mass is 32.2. The molecule has 2 fully saturated rings. The van der Waals surface area contributed by atoms with E-state index in [2.05, 4.69) is 90.3 Å². The van der Waals surface area contributed by atoms with E-state index in [0.717, 1.165) is 39.9 Å². The Morgan fingerprint density at radius 1 is 0.707 bits per heavy atom. The number of thioether (sulfide) groups is 2. The third-order valence-corrected chi connectivity index (χ3v) is 10.3. The van der Waals surface area contributed by atoms with Gasteiger partial charge in [-0.2, -0.15) is 0 Å². The van der Waals surface area contributed by atoms with Crippen molar-refractivity contribution in [2.24, 2.45) is 0 Å². The van der Waals surface area contributed by atoms with Crippen molar-refractivity contribution in [3.63, 3.8) is 0 Å². The van der Waals surface area contributed by atoms with Crippen molar-refractivity contribution in [1.29, 1.82) is 0 Å². The highest BCUT2D eigenvalue weighted by Gasteiger charge is 2.41. The molecule has 3 aromatic carbocycles. The molecule has 0 bridgehead atoms. The number of hydrogen-bond donors (Lipinski definition) is 4. The molecular formula is C32H39N5O2S2. The topological polar surface area (TPSA) is 85.5 Å². The van der Waals surface area contributed by atoms with Crippen LogP contribution >= 0.6 is 23.5 Å². The van der Waals surface area contributed by atoms with Gasteiger partial charge < -0.3 is 15.5 Å². The van der Waals surface area contributed by atoms with Gasteiger partial charge in [-0.15, -0.1) is 23.5 Å². The van der Waals surface area contributed by atoms with Gasteiger partial charge in [0.1, 0.15) is 12.1 Å². The minimum Gasteiger partial charge on any atom is -0.363 e. The van der Waals surface area contributed by atoms with Gasteiger partial charge in [0.05, 0.1) is 0 Å². The van der Waals surface area contributed by atoms with Gasteiger partial charge in [0, 0.05) is 51.4 Å². The first-order chi connectivity index (χ1) is 19.6. The summed E-state index contributed by atoms with van der Waals surface area (Å²) in [6.07, 6.45) is 0. The van der Waals surface area contributed by atoms with E-state index in [0.29, 0.717) is 13.1 Å². The van der Waals surface area contributed by atoms with Crippen LogP contribution in [0.25, 0.3) is 0 Å². The summed E-state index contributed by atoms with van der Waals surface area (Å²) >= 11 is 3.53. The lowest BCUT2D eigenvalue weighted by molar-refractivity contribution is -0.119. The molecule has 2 amide bonds. The summed E-state index contributed by atoms with van der Waals surface area (Å²) in [4.78, 5) is 28.0. The fourth-order valence-corrected chi connectivity index (χ4v) is 7.19. The van der Waals surface area contributed by atoms with E-state index in [1.54, 1.807) is 23.5 Å². The van der Waals surface area contributed by atoms with Gasteiger partial charge in [-0.25, -0.2) is 0 Å². The Labute approximate surface area is 251 Å². The maximum atomic E-state index is 12.8. The van der Waals surface area contributed by atoms with E-state index >= 15 is 0 Å². The van der Waals surface area contributed by atoms with Crippen LogP contribution in [-0.4, -0.2) is 45.1 Å². The Kier molecular flexibility index (Phi) is 8.99. The Hall–Kier alpha value is -2.98. The molecule has 4 N–H and O–H groups in total. The number of rotatable bonds is 9. The standard InChI is InChI=1S/C32H39N5O2S2/c1-31(2)27(33-20-40-31)29(38)35-24-14-10-22(11-15-24)18-37(26-8-6-5-7-9-26)19-23-12-16-25(17-13-23)36-30(39)28-32(3,4)41-21-34-28/h5-17,27-28,33-34H,18-21H2,1-4H3,(H,35,38)(H,36,39). The second-order valence-electron chi connectivity index (χ2n) is 11.6. The van der Waals surface area contributed by atoms with Crippen molar-refractivity contribution < 1.29 is 9.59 Å². The Bertz CT molecular complexity index is 1260. The van der Waals surface area contributed by atoms with E-state index in [9.17, 15) is 9.59 Å². The van der Waals surface area contributed by atoms with Gasteiger partial charge in [-0.1, -0.05) is 42.5 Å². The molecule has 41 heavy (non-hydrogen) atoms. The minimum atomic E-state index is -0.217. The van der Waals surface area contributed by atoms with E-state index in [4.69, 9.17) is 0 Å². The van der Waals surface area contributed by atoms with Gasteiger partial charge in [-0.3, -0.25) is 20.2 Å². The number of nitrogens with zero attached hydrogens (tertiary/aromatic N) is 1. The molecule has 0 aliphatic carbocycles. The highest BCUT2D eigenvalue weighted by Crippen LogP contribution is 2.34. The van der Waals surface area contributed by atoms with Crippen LogP contribution in [0.3, 0.4) is 0 Å². The normalized spacial score (nSPS) is 20.9. The van der Waals surface area contributed by atoms with Crippen LogP contribution in [0, 0.1) is 0 Å².